The van der Waals surface area contributed by atoms with E-state index in [4.69, 9.17) is 16.9 Å². The van der Waals surface area contributed by atoms with Crippen molar-refractivity contribution in [2.45, 2.75) is 16.7 Å². The summed E-state index contributed by atoms with van der Waals surface area (Å²) in [6.07, 6.45) is 0. The second-order valence-electron chi connectivity index (χ2n) is 7.11. The van der Waals surface area contributed by atoms with Gasteiger partial charge < -0.3 is 10.4 Å². The summed E-state index contributed by atoms with van der Waals surface area (Å²) in [6, 6.07) is 16.2. The Morgan fingerprint density at radius 3 is 2.29 bits per heavy atom. The molecular formula is C22H18ClN5O8S2. The first kappa shape index (κ1) is 28.9. The van der Waals surface area contributed by atoms with Gasteiger partial charge >= 0.3 is 0 Å². The average Bonchev–Trinajstić information content (AvgIpc) is 2.88. The van der Waals surface area contributed by atoms with Gasteiger partial charge in [-0.15, -0.1) is 14.6 Å². The van der Waals surface area contributed by atoms with Crippen LogP contribution in [0.2, 0.25) is 5.02 Å². The zero-order valence-electron chi connectivity index (χ0n) is 19.2. The maximum absolute atomic E-state index is 12.6. The number of azo groups is 2. The Morgan fingerprint density at radius 2 is 1.66 bits per heavy atom. The van der Waals surface area contributed by atoms with Gasteiger partial charge in [-0.3, -0.25) is 9.35 Å². The maximum Gasteiger partial charge on any atom is 0.296 e. The molecule has 0 radical (unpaired) electrons. The molecule has 3 aromatic rings. The van der Waals surface area contributed by atoms with Crippen molar-refractivity contribution in [3.8, 4) is 0 Å². The van der Waals surface area contributed by atoms with E-state index in [0.29, 0.717) is 10.6 Å². The van der Waals surface area contributed by atoms with E-state index in [-0.39, 0.29) is 22.1 Å². The molecule has 0 saturated carbocycles. The summed E-state index contributed by atoms with van der Waals surface area (Å²) >= 11 is 6.78. The highest BCUT2D eigenvalue weighted by Crippen LogP contribution is 2.31. The highest BCUT2D eigenvalue weighted by atomic mass is 35.5. The summed E-state index contributed by atoms with van der Waals surface area (Å²) in [5.74, 6) is -1.36. The molecule has 0 saturated heterocycles. The Morgan fingerprint density at radius 1 is 1.00 bits per heavy atom. The predicted octanol–water partition coefficient (Wildman–Crippen LogP) is 6.94. The number of aliphatic hydroxyl groups is 1. The van der Waals surface area contributed by atoms with Gasteiger partial charge in [0, 0.05) is 4.90 Å². The molecule has 3 aromatic carbocycles. The van der Waals surface area contributed by atoms with Crippen molar-refractivity contribution >= 4 is 62.4 Å². The van der Waals surface area contributed by atoms with Crippen molar-refractivity contribution in [1.29, 1.82) is 0 Å². The molecule has 4 N–H and O–H groups in total. The lowest BCUT2D eigenvalue weighted by Gasteiger charge is -2.08. The lowest BCUT2D eigenvalue weighted by atomic mass is 10.3. The standard InChI is InChI=1S/C22H18ClN5O8S2/c1-13(29)21(22(30)24-18-5-3-2-4-17(18)23)28-27-19-11-8-15(12-20(19)38(32,33)34)26-25-14-6-9-16(10-7-14)37-36-35-31/h2-12,29,31H,1H3,(H,24,30)(H,32,33,34). The Bertz CT molecular complexity index is 1510. The van der Waals surface area contributed by atoms with Crippen LogP contribution in [-0.2, 0) is 24.3 Å². The van der Waals surface area contributed by atoms with Crippen molar-refractivity contribution in [2.75, 3.05) is 5.32 Å². The summed E-state index contributed by atoms with van der Waals surface area (Å²) in [5, 5.41) is 39.7. The summed E-state index contributed by atoms with van der Waals surface area (Å²) in [6.45, 7) is 1.19. The average molecular weight is 580 g/mol. The number of nitrogens with zero attached hydrogens (tertiary/aromatic N) is 4. The van der Waals surface area contributed by atoms with Gasteiger partial charge in [0.1, 0.15) is 16.3 Å². The zero-order valence-corrected chi connectivity index (χ0v) is 21.6. The summed E-state index contributed by atoms with van der Waals surface area (Å²) in [4.78, 5) is 12.5. The summed E-state index contributed by atoms with van der Waals surface area (Å²) in [5.41, 5.74) is -0.148. The smallest absolute Gasteiger partial charge is 0.296 e. The number of hydrogen-bond acceptors (Lipinski definition) is 12. The SMILES string of the molecule is CC(O)=C(N=Nc1ccc(N=Nc2ccc(SOOO)cc2)cc1S(=O)(=O)O)C(=O)Nc1ccccc1Cl. The first-order valence-electron chi connectivity index (χ1n) is 10.2. The van der Waals surface area contributed by atoms with Gasteiger partial charge in [-0.1, -0.05) is 28.8 Å². The first-order valence-corrected chi connectivity index (χ1v) is 12.8. The van der Waals surface area contributed by atoms with Gasteiger partial charge in [0.2, 0.25) is 0 Å². The molecule has 0 atom stereocenters. The van der Waals surface area contributed by atoms with Crippen molar-refractivity contribution in [3.05, 3.63) is 83.2 Å². The van der Waals surface area contributed by atoms with Crippen LogP contribution in [0.15, 0.2) is 108 Å². The minimum Gasteiger partial charge on any atom is -0.510 e. The number of allylic oxidation sites excluding steroid dienone is 1. The molecular weight excluding hydrogens is 562 g/mol. The molecule has 0 bridgehead atoms. The third-order valence-electron chi connectivity index (χ3n) is 4.44. The van der Waals surface area contributed by atoms with Crippen LogP contribution in [0.25, 0.3) is 0 Å². The fourth-order valence-corrected chi connectivity index (χ4v) is 3.90. The Kier molecular flexibility index (Phi) is 10.0. The number of hydrogen-bond donors (Lipinski definition) is 4. The van der Waals surface area contributed by atoms with Crippen LogP contribution in [0.1, 0.15) is 6.92 Å². The molecule has 0 unspecified atom stereocenters. The van der Waals surface area contributed by atoms with Gasteiger partial charge in [-0.2, -0.15) is 18.6 Å². The molecule has 13 nitrogen and oxygen atoms in total. The van der Waals surface area contributed by atoms with Crippen LogP contribution < -0.4 is 5.32 Å². The van der Waals surface area contributed by atoms with Crippen LogP contribution in [0.5, 0.6) is 0 Å². The van der Waals surface area contributed by atoms with Crippen molar-refractivity contribution in [3.63, 3.8) is 0 Å². The largest absolute Gasteiger partial charge is 0.510 e. The molecule has 198 valence electrons. The van der Waals surface area contributed by atoms with Gasteiger partial charge in [0.25, 0.3) is 16.0 Å². The number of benzene rings is 3. The number of carbonyl (C=O) groups is 1. The monoisotopic (exact) mass is 579 g/mol. The fourth-order valence-electron chi connectivity index (χ4n) is 2.72. The molecule has 0 aliphatic carbocycles. The third-order valence-corrected chi connectivity index (χ3v) is 6.24. The zero-order chi connectivity index (χ0) is 27.7. The van der Waals surface area contributed by atoms with E-state index in [2.05, 4.69) is 35.1 Å². The van der Waals surface area contributed by atoms with E-state index >= 15 is 0 Å². The number of amides is 1. The van der Waals surface area contributed by atoms with Crippen molar-refractivity contribution < 1.29 is 37.5 Å². The van der Waals surface area contributed by atoms with E-state index in [1.165, 1.54) is 25.1 Å². The number of para-hydroxylation sites is 1. The van der Waals surface area contributed by atoms with Gasteiger partial charge in [-0.25, -0.2) is 5.26 Å². The van der Waals surface area contributed by atoms with Crippen LogP contribution in [0.3, 0.4) is 0 Å². The molecule has 0 aliphatic heterocycles. The normalized spacial score (nSPS) is 12.6. The van der Waals surface area contributed by atoms with Crippen LogP contribution in [0.4, 0.5) is 22.7 Å². The summed E-state index contributed by atoms with van der Waals surface area (Å²) < 4.78 is 38.0. The molecule has 0 aliphatic rings. The van der Waals surface area contributed by atoms with E-state index in [9.17, 15) is 22.9 Å². The second-order valence-corrected chi connectivity index (χ2v) is 9.69. The Labute approximate surface area is 225 Å². The van der Waals surface area contributed by atoms with Crippen molar-refractivity contribution in [2.24, 2.45) is 20.5 Å². The molecule has 1 amide bonds. The molecule has 0 spiro atoms. The van der Waals surface area contributed by atoms with Crippen LogP contribution in [-0.4, -0.2) is 29.2 Å². The number of halogens is 1. The number of carbonyl (C=O) groups excluding carboxylic acids is 1. The Hall–Kier alpha value is -3.70. The molecule has 0 heterocycles. The highest BCUT2D eigenvalue weighted by molar-refractivity contribution is 7.94. The second kappa shape index (κ2) is 13.2. The third kappa shape index (κ3) is 8.15. The van der Waals surface area contributed by atoms with Crippen LogP contribution in [0, 0.1) is 0 Å². The number of aliphatic hydroxyl groups excluding tert-OH is 1. The highest BCUT2D eigenvalue weighted by Gasteiger charge is 2.19. The number of anilines is 1. The van der Waals surface area contributed by atoms with E-state index < -0.39 is 32.4 Å². The minimum atomic E-state index is -4.80. The molecule has 16 heteroatoms. The van der Waals surface area contributed by atoms with E-state index in [0.717, 1.165) is 18.1 Å². The Balaban J connectivity index is 1.84. The molecule has 38 heavy (non-hydrogen) atoms. The fraction of sp³-hybridized carbons (Fsp3) is 0.0455. The predicted molar refractivity (Wildman–Crippen MR) is 137 cm³/mol. The van der Waals surface area contributed by atoms with Gasteiger partial charge in [0.05, 0.1) is 34.1 Å². The first-order chi connectivity index (χ1) is 18.1. The quantitative estimate of drug-likeness (QED) is 0.0374. The lowest BCUT2D eigenvalue weighted by molar-refractivity contribution is -0.432. The van der Waals surface area contributed by atoms with Gasteiger partial charge in [0.15, 0.2) is 5.70 Å². The number of nitrogens with one attached hydrogen (secondary N) is 1. The molecule has 0 aromatic heterocycles. The van der Waals surface area contributed by atoms with E-state index in [1.54, 1.807) is 42.5 Å². The maximum atomic E-state index is 12.6. The minimum absolute atomic E-state index is 0.0533. The molecule has 0 fully saturated rings. The lowest BCUT2D eigenvalue weighted by Crippen LogP contribution is -2.14. The topological polar surface area (TPSA) is 192 Å². The summed E-state index contributed by atoms with van der Waals surface area (Å²) in [7, 11) is -4.80. The van der Waals surface area contributed by atoms with Crippen molar-refractivity contribution in [1.82, 2.24) is 0 Å². The number of rotatable bonds is 10. The van der Waals surface area contributed by atoms with Crippen LogP contribution >= 0.6 is 23.6 Å². The van der Waals surface area contributed by atoms with E-state index in [1.807, 2.05) is 0 Å². The molecule has 3 rings (SSSR count). The van der Waals surface area contributed by atoms with Gasteiger partial charge in [-0.05, 0) is 61.5 Å².